The average molecular weight is 639 g/mol. The van der Waals surface area contributed by atoms with Crippen LogP contribution in [0.5, 0.6) is 0 Å². The SMILES string of the molecule is c1ccc(-c2ccc(N(c3ccc(-c4ccc5ccccc5c4)cc3)c3ccc4ccc5ccc6c7cccnc7oc6c5c4c3)cc2)cc1. The molecule has 3 heteroatoms. The van der Waals surface area contributed by atoms with Gasteiger partial charge in [-0.15, -0.1) is 0 Å². The summed E-state index contributed by atoms with van der Waals surface area (Å²) in [5.41, 5.74) is 9.55. The van der Waals surface area contributed by atoms with E-state index in [1.54, 1.807) is 6.20 Å². The van der Waals surface area contributed by atoms with Crippen molar-refractivity contribution in [3.63, 3.8) is 0 Å². The highest BCUT2D eigenvalue weighted by Gasteiger charge is 2.17. The molecule has 0 bridgehead atoms. The number of nitrogens with zero attached hydrogens (tertiary/aromatic N) is 2. The Morgan fingerprint density at radius 3 is 1.78 bits per heavy atom. The summed E-state index contributed by atoms with van der Waals surface area (Å²) >= 11 is 0. The van der Waals surface area contributed by atoms with Gasteiger partial charge in [-0.1, -0.05) is 115 Å². The number of hydrogen-bond acceptors (Lipinski definition) is 3. The summed E-state index contributed by atoms with van der Waals surface area (Å²) in [6.07, 6.45) is 1.79. The van der Waals surface area contributed by atoms with Gasteiger partial charge in [0, 0.05) is 39.4 Å². The summed E-state index contributed by atoms with van der Waals surface area (Å²) in [6.45, 7) is 0. The molecule has 0 saturated heterocycles. The number of aromatic nitrogens is 1. The molecule has 0 radical (unpaired) electrons. The number of fused-ring (bicyclic) bond motifs is 8. The van der Waals surface area contributed by atoms with E-state index in [9.17, 15) is 0 Å². The molecule has 0 saturated carbocycles. The van der Waals surface area contributed by atoms with Crippen LogP contribution in [0.25, 0.3) is 76.6 Å². The number of anilines is 3. The van der Waals surface area contributed by atoms with Crippen molar-refractivity contribution < 1.29 is 4.42 Å². The highest BCUT2D eigenvalue weighted by molar-refractivity contribution is 6.23. The third kappa shape index (κ3) is 4.71. The molecule has 0 fully saturated rings. The van der Waals surface area contributed by atoms with Crippen LogP contribution in [0, 0.1) is 0 Å². The van der Waals surface area contributed by atoms with Gasteiger partial charge in [-0.25, -0.2) is 4.98 Å². The van der Waals surface area contributed by atoms with E-state index in [1.165, 1.54) is 33.0 Å². The molecule has 0 unspecified atom stereocenters. The fourth-order valence-corrected chi connectivity index (χ4v) is 7.38. The first-order chi connectivity index (χ1) is 24.8. The number of hydrogen-bond donors (Lipinski definition) is 0. The number of pyridine rings is 1. The lowest BCUT2D eigenvalue weighted by atomic mass is 9.98. The first-order valence-corrected chi connectivity index (χ1v) is 16.9. The predicted octanol–water partition coefficient (Wildman–Crippen LogP) is 13.2. The molecule has 0 aliphatic heterocycles. The molecule has 234 valence electrons. The molecular formula is C47H30N2O. The van der Waals surface area contributed by atoms with Gasteiger partial charge in [0.1, 0.15) is 5.58 Å². The Kier molecular flexibility index (Phi) is 6.49. The molecule has 10 rings (SSSR count). The topological polar surface area (TPSA) is 29.3 Å². The van der Waals surface area contributed by atoms with Crippen LogP contribution >= 0.6 is 0 Å². The number of furan rings is 1. The smallest absolute Gasteiger partial charge is 0.227 e. The molecule has 2 aromatic heterocycles. The molecule has 0 spiro atoms. The van der Waals surface area contributed by atoms with Crippen molar-refractivity contribution in [1.82, 2.24) is 4.98 Å². The van der Waals surface area contributed by atoms with Crippen molar-refractivity contribution in [2.75, 3.05) is 4.90 Å². The van der Waals surface area contributed by atoms with Gasteiger partial charge in [0.25, 0.3) is 0 Å². The minimum absolute atomic E-state index is 0.662. The Hall–Kier alpha value is -6.71. The second-order valence-electron chi connectivity index (χ2n) is 12.8. The molecule has 0 atom stereocenters. The van der Waals surface area contributed by atoms with E-state index in [1.807, 2.05) is 6.07 Å². The fourth-order valence-electron chi connectivity index (χ4n) is 7.38. The van der Waals surface area contributed by atoms with E-state index < -0.39 is 0 Å². The number of benzene rings is 8. The van der Waals surface area contributed by atoms with Crippen LogP contribution in [0.4, 0.5) is 17.1 Å². The lowest BCUT2D eigenvalue weighted by Crippen LogP contribution is -2.09. The van der Waals surface area contributed by atoms with Crippen LogP contribution in [-0.4, -0.2) is 4.98 Å². The van der Waals surface area contributed by atoms with E-state index in [2.05, 4.69) is 180 Å². The Labute approximate surface area is 289 Å². The Bertz CT molecular complexity index is 2850. The maximum atomic E-state index is 6.46. The van der Waals surface area contributed by atoms with Crippen LogP contribution in [0.1, 0.15) is 0 Å². The summed E-state index contributed by atoms with van der Waals surface area (Å²) in [5, 5.41) is 9.15. The minimum Gasteiger partial charge on any atom is -0.437 e. The normalized spacial score (nSPS) is 11.6. The maximum Gasteiger partial charge on any atom is 0.227 e. The zero-order valence-electron chi connectivity index (χ0n) is 27.1. The van der Waals surface area contributed by atoms with Gasteiger partial charge >= 0.3 is 0 Å². The zero-order valence-corrected chi connectivity index (χ0v) is 27.1. The van der Waals surface area contributed by atoms with Crippen molar-refractivity contribution in [1.29, 1.82) is 0 Å². The molecular weight excluding hydrogens is 609 g/mol. The van der Waals surface area contributed by atoms with Gasteiger partial charge in [-0.05, 0) is 110 Å². The van der Waals surface area contributed by atoms with E-state index in [4.69, 9.17) is 4.42 Å². The largest absolute Gasteiger partial charge is 0.437 e. The van der Waals surface area contributed by atoms with Crippen molar-refractivity contribution >= 4 is 71.4 Å². The second-order valence-corrected chi connectivity index (χ2v) is 12.8. The summed E-state index contributed by atoms with van der Waals surface area (Å²) in [4.78, 5) is 6.87. The lowest BCUT2D eigenvalue weighted by molar-refractivity contribution is 0.658. The van der Waals surface area contributed by atoms with E-state index >= 15 is 0 Å². The van der Waals surface area contributed by atoms with Crippen LogP contribution in [0.2, 0.25) is 0 Å². The van der Waals surface area contributed by atoms with Crippen LogP contribution in [-0.2, 0) is 0 Å². The van der Waals surface area contributed by atoms with E-state index in [0.717, 1.165) is 55.0 Å². The van der Waals surface area contributed by atoms with Crippen LogP contribution in [0.3, 0.4) is 0 Å². The summed E-state index contributed by atoms with van der Waals surface area (Å²) < 4.78 is 6.46. The van der Waals surface area contributed by atoms with Gasteiger partial charge in [0.05, 0.1) is 0 Å². The minimum atomic E-state index is 0.662. The monoisotopic (exact) mass is 638 g/mol. The second kappa shape index (κ2) is 11.5. The average Bonchev–Trinajstić information content (AvgIpc) is 3.57. The molecule has 8 aromatic carbocycles. The van der Waals surface area contributed by atoms with E-state index in [-0.39, 0.29) is 0 Å². The van der Waals surface area contributed by atoms with Gasteiger partial charge < -0.3 is 9.32 Å². The van der Waals surface area contributed by atoms with Crippen molar-refractivity contribution in [3.8, 4) is 22.3 Å². The molecule has 50 heavy (non-hydrogen) atoms. The van der Waals surface area contributed by atoms with Gasteiger partial charge in [0.2, 0.25) is 5.71 Å². The molecule has 3 nitrogen and oxygen atoms in total. The summed E-state index contributed by atoms with van der Waals surface area (Å²) in [6, 6.07) is 63.0. The maximum absolute atomic E-state index is 6.46. The first-order valence-electron chi connectivity index (χ1n) is 16.9. The highest BCUT2D eigenvalue weighted by atomic mass is 16.3. The summed E-state index contributed by atoms with van der Waals surface area (Å²) in [5.74, 6) is 0. The quantitative estimate of drug-likeness (QED) is 0.176. The van der Waals surface area contributed by atoms with E-state index in [0.29, 0.717) is 5.71 Å². The Balaban J connectivity index is 1.14. The molecule has 10 aromatic rings. The van der Waals surface area contributed by atoms with Gasteiger partial charge in [-0.2, -0.15) is 0 Å². The fraction of sp³-hybridized carbons (Fsp3) is 0. The number of rotatable bonds is 5. The molecule has 0 N–H and O–H groups in total. The molecule has 0 aliphatic rings. The van der Waals surface area contributed by atoms with Crippen LogP contribution in [0.15, 0.2) is 187 Å². The highest BCUT2D eigenvalue weighted by Crippen LogP contribution is 2.42. The van der Waals surface area contributed by atoms with Gasteiger partial charge in [0.15, 0.2) is 0 Å². The Morgan fingerprint density at radius 1 is 0.380 bits per heavy atom. The zero-order chi connectivity index (χ0) is 33.0. The lowest BCUT2D eigenvalue weighted by Gasteiger charge is -2.26. The standard InChI is InChI=1S/C47H30N2O/c1-2-7-31(8-3-1)33-16-22-39(23-17-33)49(40-24-18-34(19-25-40)38-15-12-32-9-4-5-10-37(32)29-38)41-26-20-35-13-14-36-21-27-42-43-11-6-28-48-47(43)50-46(42)45(36)44(35)30-41/h1-30H. The Morgan fingerprint density at radius 2 is 0.980 bits per heavy atom. The van der Waals surface area contributed by atoms with Crippen molar-refractivity contribution in [2.24, 2.45) is 0 Å². The molecule has 0 aliphatic carbocycles. The third-order valence-corrected chi connectivity index (χ3v) is 9.90. The molecule has 2 heterocycles. The third-order valence-electron chi connectivity index (χ3n) is 9.90. The van der Waals surface area contributed by atoms with Gasteiger partial charge in [-0.3, -0.25) is 0 Å². The van der Waals surface area contributed by atoms with Crippen LogP contribution < -0.4 is 4.90 Å². The van der Waals surface area contributed by atoms with Crippen molar-refractivity contribution in [3.05, 3.63) is 182 Å². The predicted molar refractivity (Wildman–Crippen MR) is 210 cm³/mol. The first kappa shape index (κ1) is 28.3. The summed E-state index contributed by atoms with van der Waals surface area (Å²) in [7, 11) is 0. The van der Waals surface area contributed by atoms with Crippen molar-refractivity contribution in [2.45, 2.75) is 0 Å². The molecule has 0 amide bonds.